The Morgan fingerprint density at radius 2 is 2.33 bits per heavy atom. The zero-order chi connectivity index (χ0) is 13.0. The number of amides is 1. The van der Waals surface area contributed by atoms with Crippen molar-refractivity contribution in [2.45, 2.75) is 6.54 Å². The van der Waals surface area contributed by atoms with Gasteiger partial charge >= 0.3 is 0 Å². The predicted octanol–water partition coefficient (Wildman–Crippen LogP) is 1.75. The van der Waals surface area contributed by atoms with Gasteiger partial charge in [0.15, 0.2) is 5.76 Å². The number of carbonyl (C=O) groups is 1. The summed E-state index contributed by atoms with van der Waals surface area (Å²) < 4.78 is 23.2. The Labute approximate surface area is 103 Å². The molecule has 0 aliphatic heterocycles. The van der Waals surface area contributed by atoms with Gasteiger partial charge in [-0.3, -0.25) is 4.79 Å². The van der Waals surface area contributed by atoms with E-state index in [1.807, 2.05) is 0 Å². The summed E-state index contributed by atoms with van der Waals surface area (Å²) in [4.78, 5) is 11.7. The third kappa shape index (κ3) is 2.65. The Morgan fingerprint density at radius 3 is 2.94 bits per heavy atom. The molecule has 0 saturated heterocycles. The van der Waals surface area contributed by atoms with Crippen molar-refractivity contribution >= 4 is 5.91 Å². The largest absolute Gasteiger partial charge is 0.497 e. The van der Waals surface area contributed by atoms with E-state index in [1.165, 1.54) is 25.4 Å². The summed E-state index contributed by atoms with van der Waals surface area (Å²) in [7, 11) is 1.43. The van der Waals surface area contributed by atoms with Crippen LogP contribution in [0.15, 0.2) is 35.0 Å². The number of halogens is 1. The van der Waals surface area contributed by atoms with Crippen LogP contribution in [0.25, 0.3) is 0 Å². The zero-order valence-corrected chi connectivity index (χ0v) is 9.64. The van der Waals surface area contributed by atoms with Crippen molar-refractivity contribution in [3.8, 4) is 5.75 Å². The molecule has 0 aliphatic carbocycles. The maximum absolute atomic E-state index is 13.6. The quantitative estimate of drug-likeness (QED) is 0.897. The van der Waals surface area contributed by atoms with Crippen LogP contribution in [0.2, 0.25) is 0 Å². The highest BCUT2D eigenvalue weighted by atomic mass is 19.1. The lowest BCUT2D eigenvalue weighted by atomic mass is 10.2. The summed E-state index contributed by atoms with van der Waals surface area (Å²) in [5, 5.41) is 6.02. The Morgan fingerprint density at radius 1 is 1.50 bits per heavy atom. The van der Waals surface area contributed by atoms with Crippen molar-refractivity contribution in [3.63, 3.8) is 0 Å². The Bertz CT molecular complexity index is 540. The number of nitrogens with one attached hydrogen (secondary N) is 1. The number of benzene rings is 1. The molecule has 1 aromatic heterocycles. The van der Waals surface area contributed by atoms with E-state index >= 15 is 0 Å². The molecule has 0 fully saturated rings. The van der Waals surface area contributed by atoms with Crippen LogP contribution >= 0.6 is 0 Å². The second-order valence-corrected chi connectivity index (χ2v) is 3.51. The molecule has 94 valence electrons. The van der Waals surface area contributed by atoms with Gasteiger partial charge in [-0.05, 0) is 12.1 Å². The van der Waals surface area contributed by atoms with Crippen molar-refractivity contribution in [2.75, 3.05) is 7.11 Å². The van der Waals surface area contributed by atoms with Gasteiger partial charge in [0.2, 0.25) is 0 Å². The van der Waals surface area contributed by atoms with Crippen LogP contribution in [-0.2, 0) is 6.54 Å². The first-order chi connectivity index (χ1) is 8.70. The van der Waals surface area contributed by atoms with E-state index in [2.05, 4.69) is 10.5 Å². The predicted molar refractivity (Wildman–Crippen MR) is 60.6 cm³/mol. The average Bonchev–Trinajstić information content (AvgIpc) is 2.88. The third-order valence-corrected chi connectivity index (χ3v) is 2.34. The lowest BCUT2D eigenvalue weighted by Crippen LogP contribution is -2.23. The fourth-order valence-corrected chi connectivity index (χ4v) is 1.40. The van der Waals surface area contributed by atoms with E-state index in [1.54, 1.807) is 6.07 Å². The fourth-order valence-electron chi connectivity index (χ4n) is 1.40. The fraction of sp³-hybridized carbons (Fsp3) is 0.167. The topological polar surface area (TPSA) is 64.4 Å². The molecule has 0 atom stereocenters. The lowest BCUT2D eigenvalue weighted by molar-refractivity contribution is 0.0943. The van der Waals surface area contributed by atoms with Crippen molar-refractivity contribution in [2.24, 2.45) is 0 Å². The highest BCUT2D eigenvalue weighted by Crippen LogP contribution is 2.16. The molecular formula is C12H11FN2O3. The molecule has 0 saturated carbocycles. The number of hydrogen-bond acceptors (Lipinski definition) is 4. The number of nitrogens with zero attached hydrogens (tertiary/aromatic N) is 1. The van der Waals surface area contributed by atoms with Gasteiger partial charge in [-0.15, -0.1) is 0 Å². The molecule has 1 N–H and O–H groups in total. The number of rotatable bonds is 4. The first-order valence-corrected chi connectivity index (χ1v) is 5.22. The van der Waals surface area contributed by atoms with Crippen molar-refractivity contribution < 1.29 is 18.4 Å². The average molecular weight is 250 g/mol. The second kappa shape index (κ2) is 5.31. The van der Waals surface area contributed by atoms with Crippen LogP contribution in [0.5, 0.6) is 5.75 Å². The Kier molecular flexibility index (Phi) is 3.57. The normalized spacial score (nSPS) is 10.1. The molecule has 2 rings (SSSR count). The monoisotopic (exact) mass is 250 g/mol. The van der Waals surface area contributed by atoms with E-state index in [4.69, 9.17) is 9.26 Å². The molecule has 2 aromatic rings. The number of hydrogen-bond donors (Lipinski definition) is 1. The molecule has 0 radical (unpaired) electrons. The molecule has 0 bridgehead atoms. The number of carbonyl (C=O) groups excluding carboxylic acids is 1. The van der Waals surface area contributed by atoms with E-state index in [-0.39, 0.29) is 12.1 Å². The Hall–Kier alpha value is -2.37. The van der Waals surface area contributed by atoms with Gasteiger partial charge in [0.05, 0.1) is 25.4 Å². The van der Waals surface area contributed by atoms with E-state index in [9.17, 15) is 9.18 Å². The van der Waals surface area contributed by atoms with Gasteiger partial charge in [0.1, 0.15) is 11.6 Å². The summed E-state index contributed by atoms with van der Waals surface area (Å²) >= 11 is 0. The summed E-state index contributed by atoms with van der Waals surface area (Å²) in [6.07, 6.45) is 1.47. The highest BCUT2D eigenvalue weighted by molar-refractivity contribution is 5.94. The van der Waals surface area contributed by atoms with Crippen LogP contribution < -0.4 is 10.1 Å². The molecule has 1 heterocycles. The molecule has 1 aromatic carbocycles. The van der Waals surface area contributed by atoms with Gasteiger partial charge < -0.3 is 14.6 Å². The molecular weight excluding hydrogens is 239 g/mol. The van der Waals surface area contributed by atoms with Crippen LogP contribution in [0, 0.1) is 5.82 Å². The van der Waals surface area contributed by atoms with Gasteiger partial charge in [-0.2, -0.15) is 0 Å². The minimum atomic E-state index is -0.635. The van der Waals surface area contributed by atoms with Gasteiger partial charge in [0, 0.05) is 12.1 Å². The van der Waals surface area contributed by atoms with Crippen LogP contribution in [0.3, 0.4) is 0 Å². The Balaban J connectivity index is 2.04. The molecule has 6 heteroatoms. The highest BCUT2D eigenvalue weighted by Gasteiger charge is 2.12. The van der Waals surface area contributed by atoms with Crippen LogP contribution in [0.4, 0.5) is 4.39 Å². The smallest absolute Gasteiger partial charge is 0.254 e. The lowest BCUT2D eigenvalue weighted by Gasteiger charge is -2.05. The number of ether oxygens (including phenoxy) is 1. The molecule has 0 unspecified atom stereocenters. The zero-order valence-electron chi connectivity index (χ0n) is 9.64. The number of aromatic nitrogens is 1. The van der Waals surface area contributed by atoms with E-state index < -0.39 is 11.7 Å². The van der Waals surface area contributed by atoms with Gasteiger partial charge in [-0.1, -0.05) is 5.16 Å². The summed E-state index contributed by atoms with van der Waals surface area (Å²) in [5.41, 5.74) is -0.0460. The maximum Gasteiger partial charge on any atom is 0.254 e. The van der Waals surface area contributed by atoms with Gasteiger partial charge in [0.25, 0.3) is 5.91 Å². The van der Waals surface area contributed by atoms with E-state index in [0.29, 0.717) is 11.5 Å². The molecule has 0 aliphatic rings. The molecule has 0 spiro atoms. The first kappa shape index (κ1) is 12.1. The first-order valence-electron chi connectivity index (χ1n) is 5.22. The minimum Gasteiger partial charge on any atom is -0.497 e. The number of methoxy groups -OCH3 is 1. The molecule has 18 heavy (non-hydrogen) atoms. The standard InChI is InChI=1S/C12H11FN2O3/c1-17-8-2-3-10(11(13)6-8)12(16)14-7-9-4-5-15-18-9/h2-6H,7H2,1H3,(H,14,16). The van der Waals surface area contributed by atoms with Gasteiger partial charge in [-0.25, -0.2) is 4.39 Å². The van der Waals surface area contributed by atoms with Crippen molar-refractivity contribution in [1.82, 2.24) is 10.5 Å². The second-order valence-electron chi connectivity index (χ2n) is 3.51. The SMILES string of the molecule is COc1ccc(C(=O)NCc2ccno2)c(F)c1. The van der Waals surface area contributed by atoms with Crippen LogP contribution in [-0.4, -0.2) is 18.2 Å². The third-order valence-electron chi connectivity index (χ3n) is 2.34. The molecule has 1 amide bonds. The summed E-state index contributed by atoms with van der Waals surface area (Å²) in [6, 6.07) is 5.66. The minimum absolute atomic E-state index is 0.0460. The summed E-state index contributed by atoms with van der Waals surface area (Å²) in [6.45, 7) is 0.157. The van der Waals surface area contributed by atoms with Crippen molar-refractivity contribution in [3.05, 3.63) is 47.6 Å². The van der Waals surface area contributed by atoms with E-state index in [0.717, 1.165) is 6.07 Å². The molecule has 5 nitrogen and oxygen atoms in total. The summed E-state index contributed by atoms with van der Waals surface area (Å²) in [5.74, 6) is -0.299. The maximum atomic E-state index is 13.6. The van der Waals surface area contributed by atoms with Crippen LogP contribution in [0.1, 0.15) is 16.1 Å². The van der Waals surface area contributed by atoms with Crippen molar-refractivity contribution in [1.29, 1.82) is 0 Å².